The number of hydrogen-bond acceptors (Lipinski definition) is 6. The molecule has 32 heavy (non-hydrogen) atoms. The average molecular weight is 430 g/mol. The number of nitrogens with zero attached hydrogens (tertiary/aromatic N) is 5. The number of pyridine rings is 1. The van der Waals surface area contributed by atoms with E-state index in [1.165, 1.54) is 22.8 Å². The van der Waals surface area contributed by atoms with Gasteiger partial charge in [0.25, 0.3) is 0 Å². The molecule has 5 rings (SSSR count). The lowest BCUT2D eigenvalue weighted by Crippen LogP contribution is -2.05. The summed E-state index contributed by atoms with van der Waals surface area (Å²) in [5.74, 6) is 0.466. The molecule has 7 nitrogen and oxygen atoms in total. The Kier molecular flexibility index (Phi) is 5.12. The zero-order chi connectivity index (χ0) is 21.9. The van der Waals surface area contributed by atoms with Gasteiger partial charge in [-0.2, -0.15) is 4.52 Å². The summed E-state index contributed by atoms with van der Waals surface area (Å²) in [5.41, 5.74) is 1.48. The fourth-order valence-electron chi connectivity index (χ4n) is 3.16. The predicted molar refractivity (Wildman–Crippen MR) is 114 cm³/mol. The van der Waals surface area contributed by atoms with Crippen LogP contribution in [0, 0.1) is 11.6 Å². The number of aromatic nitrogens is 5. The molecule has 0 saturated carbocycles. The molecule has 0 fully saturated rings. The van der Waals surface area contributed by atoms with E-state index in [1.54, 1.807) is 60.8 Å². The number of fused-ring (bicyclic) bond motifs is 1. The minimum Gasteiger partial charge on any atom is -0.453 e. The molecule has 0 radical (unpaired) electrons. The standard InChI is InChI=1S/C23H16F2N6O/c24-18-6-2-1-5-17(18)23-29-28-22-10-9-21(30-31(22)23)27-13-15-7-8-20(19(25)12-15)32-16-4-3-11-26-14-16/h1-12,14H,13H2,(H,27,30). The van der Waals surface area contributed by atoms with E-state index in [0.717, 1.165) is 0 Å². The Bertz CT molecular complexity index is 1390. The Morgan fingerprint density at radius 1 is 0.906 bits per heavy atom. The van der Waals surface area contributed by atoms with E-state index in [4.69, 9.17) is 4.74 Å². The van der Waals surface area contributed by atoms with Crippen molar-refractivity contribution in [1.82, 2.24) is 24.8 Å². The topological polar surface area (TPSA) is 77.2 Å². The second-order valence-electron chi connectivity index (χ2n) is 6.90. The van der Waals surface area contributed by atoms with E-state index in [1.807, 2.05) is 0 Å². The van der Waals surface area contributed by atoms with Gasteiger partial charge in [-0.15, -0.1) is 15.3 Å². The van der Waals surface area contributed by atoms with E-state index in [-0.39, 0.29) is 5.75 Å². The number of anilines is 1. The first-order valence-electron chi connectivity index (χ1n) is 9.75. The second-order valence-corrected chi connectivity index (χ2v) is 6.90. The van der Waals surface area contributed by atoms with Gasteiger partial charge in [0, 0.05) is 12.7 Å². The van der Waals surface area contributed by atoms with Crippen LogP contribution in [-0.4, -0.2) is 24.8 Å². The molecule has 9 heteroatoms. The molecule has 0 atom stereocenters. The first-order chi connectivity index (χ1) is 15.7. The van der Waals surface area contributed by atoms with Crippen molar-refractivity contribution in [2.75, 3.05) is 5.32 Å². The van der Waals surface area contributed by atoms with Crippen LogP contribution in [0.3, 0.4) is 0 Å². The van der Waals surface area contributed by atoms with E-state index in [9.17, 15) is 8.78 Å². The van der Waals surface area contributed by atoms with Crippen molar-refractivity contribution in [2.45, 2.75) is 6.54 Å². The Morgan fingerprint density at radius 3 is 2.62 bits per heavy atom. The SMILES string of the molecule is Fc1cc(CNc2ccc3nnc(-c4ccccc4F)n3n2)ccc1Oc1cccnc1. The number of nitrogens with one attached hydrogen (secondary N) is 1. The van der Waals surface area contributed by atoms with Crippen LogP contribution in [-0.2, 0) is 6.54 Å². The van der Waals surface area contributed by atoms with Crippen molar-refractivity contribution in [3.05, 3.63) is 96.3 Å². The quantitative estimate of drug-likeness (QED) is 0.414. The predicted octanol–water partition coefficient (Wildman–Crippen LogP) is 4.87. The highest BCUT2D eigenvalue weighted by Crippen LogP contribution is 2.25. The van der Waals surface area contributed by atoms with Gasteiger partial charge in [-0.05, 0) is 54.1 Å². The Morgan fingerprint density at radius 2 is 1.81 bits per heavy atom. The van der Waals surface area contributed by atoms with Gasteiger partial charge in [-0.3, -0.25) is 4.98 Å². The lowest BCUT2D eigenvalue weighted by atomic mass is 10.2. The minimum absolute atomic E-state index is 0.111. The summed E-state index contributed by atoms with van der Waals surface area (Å²) >= 11 is 0. The van der Waals surface area contributed by atoms with Gasteiger partial charge in [0.1, 0.15) is 17.4 Å². The second kappa shape index (κ2) is 8.38. The van der Waals surface area contributed by atoms with Crippen LogP contribution in [0.4, 0.5) is 14.6 Å². The number of hydrogen-bond donors (Lipinski definition) is 1. The van der Waals surface area contributed by atoms with Crippen LogP contribution in [0.25, 0.3) is 17.0 Å². The van der Waals surface area contributed by atoms with Crippen LogP contribution < -0.4 is 10.1 Å². The highest BCUT2D eigenvalue weighted by atomic mass is 19.1. The number of benzene rings is 2. The molecule has 2 aromatic carbocycles. The first-order valence-corrected chi connectivity index (χ1v) is 9.75. The summed E-state index contributed by atoms with van der Waals surface area (Å²) in [7, 11) is 0. The molecule has 1 N–H and O–H groups in total. The molecule has 0 spiro atoms. The Hall–Kier alpha value is -4.40. The van der Waals surface area contributed by atoms with Gasteiger partial charge in [-0.25, -0.2) is 8.78 Å². The fourth-order valence-corrected chi connectivity index (χ4v) is 3.16. The van der Waals surface area contributed by atoms with Gasteiger partial charge in [-0.1, -0.05) is 18.2 Å². The molecule has 0 amide bonds. The molecular weight excluding hydrogens is 414 g/mol. The Balaban J connectivity index is 1.34. The summed E-state index contributed by atoms with van der Waals surface area (Å²) in [6.45, 7) is 0.319. The third-order valence-corrected chi connectivity index (χ3v) is 4.71. The smallest absolute Gasteiger partial charge is 0.188 e. The van der Waals surface area contributed by atoms with Crippen molar-refractivity contribution in [2.24, 2.45) is 0 Å². The largest absolute Gasteiger partial charge is 0.453 e. The van der Waals surface area contributed by atoms with Gasteiger partial charge in [0.05, 0.1) is 11.8 Å². The maximum Gasteiger partial charge on any atom is 0.188 e. The molecule has 0 aliphatic rings. The average Bonchev–Trinajstić information content (AvgIpc) is 3.23. The monoisotopic (exact) mass is 430 g/mol. The highest BCUT2D eigenvalue weighted by molar-refractivity contribution is 5.60. The van der Waals surface area contributed by atoms with Crippen molar-refractivity contribution < 1.29 is 13.5 Å². The highest BCUT2D eigenvalue weighted by Gasteiger charge is 2.14. The maximum absolute atomic E-state index is 14.5. The zero-order valence-electron chi connectivity index (χ0n) is 16.6. The van der Waals surface area contributed by atoms with E-state index in [2.05, 4.69) is 25.6 Å². The van der Waals surface area contributed by atoms with Crippen molar-refractivity contribution >= 4 is 11.5 Å². The summed E-state index contributed by atoms with van der Waals surface area (Å²) in [4.78, 5) is 3.94. The summed E-state index contributed by atoms with van der Waals surface area (Å²) in [5, 5.41) is 15.7. The normalized spacial score (nSPS) is 10.9. The van der Waals surface area contributed by atoms with E-state index in [0.29, 0.717) is 40.7 Å². The number of halogens is 2. The van der Waals surface area contributed by atoms with Crippen LogP contribution >= 0.6 is 0 Å². The van der Waals surface area contributed by atoms with Gasteiger partial charge in [0.15, 0.2) is 23.0 Å². The fraction of sp³-hybridized carbons (Fsp3) is 0.0435. The minimum atomic E-state index is -0.489. The molecule has 0 aliphatic carbocycles. The maximum atomic E-state index is 14.5. The molecule has 0 bridgehead atoms. The van der Waals surface area contributed by atoms with Crippen LogP contribution in [0.5, 0.6) is 11.5 Å². The number of rotatable bonds is 6. The molecule has 0 saturated heterocycles. The van der Waals surface area contributed by atoms with Crippen molar-refractivity contribution in [3.8, 4) is 22.9 Å². The van der Waals surface area contributed by atoms with Crippen LogP contribution in [0.15, 0.2) is 79.1 Å². The zero-order valence-corrected chi connectivity index (χ0v) is 16.6. The van der Waals surface area contributed by atoms with Gasteiger partial charge >= 0.3 is 0 Å². The van der Waals surface area contributed by atoms with Gasteiger partial charge in [0.2, 0.25) is 0 Å². The van der Waals surface area contributed by atoms with E-state index < -0.39 is 11.6 Å². The van der Waals surface area contributed by atoms with Crippen LogP contribution in [0.2, 0.25) is 0 Å². The molecule has 0 unspecified atom stereocenters. The molecule has 158 valence electrons. The van der Waals surface area contributed by atoms with Crippen molar-refractivity contribution in [3.63, 3.8) is 0 Å². The van der Waals surface area contributed by atoms with Crippen LogP contribution in [0.1, 0.15) is 5.56 Å². The number of ether oxygens (including phenoxy) is 1. The molecule has 3 heterocycles. The third kappa shape index (κ3) is 3.95. The molecule has 3 aromatic heterocycles. The Labute approximate surface area is 181 Å². The molecule has 5 aromatic rings. The first kappa shape index (κ1) is 19.6. The third-order valence-electron chi connectivity index (χ3n) is 4.71. The molecule has 0 aliphatic heterocycles. The molecular formula is C23H16F2N6O. The lowest BCUT2D eigenvalue weighted by Gasteiger charge is -2.10. The lowest BCUT2D eigenvalue weighted by molar-refractivity contribution is 0.440. The van der Waals surface area contributed by atoms with Gasteiger partial charge < -0.3 is 10.1 Å². The summed E-state index contributed by atoms with van der Waals surface area (Å²) in [6.07, 6.45) is 3.12. The summed E-state index contributed by atoms with van der Waals surface area (Å²) in [6, 6.07) is 17.9. The van der Waals surface area contributed by atoms with Crippen molar-refractivity contribution in [1.29, 1.82) is 0 Å². The van der Waals surface area contributed by atoms with E-state index >= 15 is 0 Å². The summed E-state index contributed by atoms with van der Waals surface area (Å²) < 4.78 is 35.6.